The maximum Gasteiger partial charge on any atom is 0.359 e. The van der Waals surface area contributed by atoms with Crippen molar-refractivity contribution in [3.63, 3.8) is 0 Å². The summed E-state index contributed by atoms with van der Waals surface area (Å²) in [5.74, 6) is 3.16. The summed E-state index contributed by atoms with van der Waals surface area (Å²) in [5.41, 5.74) is 3.19. The van der Waals surface area contributed by atoms with Gasteiger partial charge in [-0.25, -0.2) is 20.6 Å². The number of aromatic nitrogens is 2. The first-order valence-electron chi connectivity index (χ1n) is 10.2. The molecule has 1 unspecified atom stereocenters. The molecule has 1 aromatic heterocycles. The highest BCUT2D eigenvalue weighted by molar-refractivity contribution is 5.89. The fourth-order valence-electron chi connectivity index (χ4n) is 4.60. The highest BCUT2D eigenvalue weighted by atomic mass is 15.4. The van der Waals surface area contributed by atoms with E-state index in [1.54, 1.807) is 4.90 Å². The van der Waals surface area contributed by atoms with Crippen molar-refractivity contribution in [2.45, 2.75) is 53.0 Å². The number of hydrogen-bond donors (Lipinski definition) is 4. The average molecular weight is 369 g/mol. The molecule has 0 amide bonds. The molecular formula is C21H32N6+2. The molecule has 1 aromatic carbocycles. The zero-order chi connectivity index (χ0) is 19.0. The maximum absolute atomic E-state index is 4.69. The Morgan fingerprint density at radius 2 is 2.04 bits per heavy atom. The number of nitrogens with zero attached hydrogens (tertiary/aromatic N) is 2. The lowest BCUT2D eigenvalue weighted by molar-refractivity contribution is -1.00. The van der Waals surface area contributed by atoms with Gasteiger partial charge in [0, 0.05) is 11.3 Å². The number of fused-ring (bicyclic) bond motifs is 1. The molecule has 6 nitrogen and oxygen atoms in total. The van der Waals surface area contributed by atoms with Crippen LogP contribution in [-0.4, -0.2) is 35.3 Å². The minimum atomic E-state index is 0.642. The van der Waals surface area contributed by atoms with Crippen LogP contribution >= 0.6 is 0 Å². The van der Waals surface area contributed by atoms with Gasteiger partial charge in [-0.05, 0) is 50.7 Å². The highest BCUT2D eigenvalue weighted by Crippen LogP contribution is 2.27. The van der Waals surface area contributed by atoms with Crippen LogP contribution in [0, 0.1) is 25.7 Å². The van der Waals surface area contributed by atoms with Crippen molar-refractivity contribution in [3.8, 4) is 0 Å². The Morgan fingerprint density at radius 1 is 1.19 bits per heavy atom. The van der Waals surface area contributed by atoms with Crippen molar-refractivity contribution in [3.05, 3.63) is 29.5 Å². The van der Waals surface area contributed by atoms with Crippen LogP contribution in [0.2, 0.25) is 0 Å². The third kappa shape index (κ3) is 3.76. The summed E-state index contributed by atoms with van der Waals surface area (Å²) in [6.07, 6.45) is 4.07. The van der Waals surface area contributed by atoms with E-state index in [0.717, 1.165) is 53.8 Å². The molecule has 2 aliphatic rings. The van der Waals surface area contributed by atoms with Gasteiger partial charge in [0.2, 0.25) is 0 Å². The van der Waals surface area contributed by atoms with E-state index in [9.17, 15) is 0 Å². The third-order valence-electron chi connectivity index (χ3n) is 6.50. The summed E-state index contributed by atoms with van der Waals surface area (Å²) in [6.45, 7) is 10.8. The van der Waals surface area contributed by atoms with E-state index >= 15 is 0 Å². The number of guanidine groups is 1. The van der Waals surface area contributed by atoms with Gasteiger partial charge < -0.3 is 0 Å². The molecule has 4 atom stereocenters. The molecule has 0 saturated heterocycles. The molecule has 0 radical (unpaired) electrons. The van der Waals surface area contributed by atoms with Gasteiger partial charge in [-0.15, -0.1) is 0 Å². The van der Waals surface area contributed by atoms with Crippen molar-refractivity contribution in [2.75, 3.05) is 18.7 Å². The fraction of sp³-hybridized carbons (Fsp3) is 0.571. The Kier molecular flexibility index (Phi) is 5.00. The molecule has 2 heterocycles. The summed E-state index contributed by atoms with van der Waals surface area (Å²) in [4.78, 5) is 14.4. The summed E-state index contributed by atoms with van der Waals surface area (Å²) in [5, 5.41) is 7.95. The van der Waals surface area contributed by atoms with Crippen LogP contribution in [0.1, 0.15) is 44.4 Å². The number of aryl methyl sites for hydroxylation is 2. The molecule has 144 valence electrons. The SMILES string of the molecule is Cc1ccc2c(C)nc(NC3=[NH+]C[NH+]([C@@H]4CCC[C@H](C)[C@@H]4C)CN3)nc2c1. The average Bonchev–Trinajstić information content (AvgIpc) is 2.64. The highest BCUT2D eigenvalue weighted by Gasteiger charge is 2.36. The topological polar surface area (TPSA) is 68.2 Å². The number of quaternary nitrogens is 1. The summed E-state index contributed by atoms with van der Waals surface area (Å²) in [6, 6.07) is 7.05. The Labute approximate surface area is 161 Å². The summed E-state index contributed by atoms with van der Waals surface area (Å²) in [7, 11) is 0. The van der Waals surface area contributed by atoms with E-state index in [2.05, 4.69) is 59.6 Å². The summed E-state index contributed by atoms with van der Waals surface area (Å²) < 4.78 is 0. The zero-order valence-electron chi connectivity index (χ0n) is 16.9. The van der Waals surface area contributed by atoms with Crippen molar-refractivity contribution in [1.29, 1.82) is 0 Å². The van der Waals surface area contributed by atoms with Crippen molar-refractivity contribution in [2.24, 2.45) is 11.8 Å². The predicted octanol–water partition coefficient (Wildman–Crippen LogP) is 0.323. The Morgan fingerprint density at radius 3 is 2.81 bits per heavy atom. The van der Waals surface area contributed by atoms with Gasteiger partial charge in [-0.2, -0.15) is 4.98 Å². The lowest BCUT2D eigenvalue weighted by Crippen LogP contribution is -3.27. The minimum absolute atomic E-state index is 0.642. The van der Waals surface area contributed by atoms with Gasteiger partial charge in [-0.3, -0.25) is 4.90 Å². The first-order chi connectivity index (χ1) is 13.0. The summed E-state index contributed by atoms with van der Waals surface area (Å²) >= 11 is 0. The molecule has 0 bridgehead atoms. The number of benzene rings is 1. The van der Waals surface area contributed by atoms with E-state index in [1.165, 1.54) is 24.8 Å². The Bertz CT molecular complexity index is 861. The van der Waals surface area contributed by atoms with Gasteiger partial charge >= 0.3 is 5.96 Å². The number of hydrogen-bond acceptors (Lipinski definition) is 4. The molecule has 2 aromatic rings. The van der Waals surface area contributed by atoms with Gasteiger partial charge in [0.25, 0.3) is 5.95 Å². The van der Waals surface area contributed by atoms with Gasteiger partial charge in [0.05, 0.1) is 17.3 Å². The molecule has 1 aliphatic carbocycles. The molecule has 4 rings (SSSR count). The number of nitrogens with one attached hydrogen (secondary N) is 4. The van der Waals surface area contributed by atoms with Crippen molar-refractivity contribution >= 4 is 22.8 Å². The molecular weight excluding hydrogens is 336 g/mol. The van der Waals surface area contributed by atoms with E-state index in [0.29, 0.717) is 5.95 Å². The fourth-order valence-corrected chi connectivity index (χ4v) is 4.60. The van der Waals surface area contributed by atoms with Crippen molar-refractivity contribution in [1.82, 2.24) is 15.3 Å². The first kappa shape index (κ1) is 18.2. The molecule has 1 fully saturated rings. The zero-order valence-corrected chi connectivity index (χ0v) is 16.9. The smallest absolute Gasteiger partial charge is 0.274 e. The number of anilines is 1. The van der Waals surface area contributed by atoms with Crippen LogP contribution in [0.25, 0.3) is 10.9 Å². The van der Waals surface area contributed by atoms with Gasteiger partial charge in [0.1, 0.15) is 0 Å². The minimum Gasteiger partial charge on any atom is -0.274 e. The van der Waals surface area contributed by atoms with Gasteiger partial charge in [-0.1, -0.05) is 26.0 Å². The molecule has 6 heteroatoms. The second-order valence-electron chi connectivity index (χ2n) is 8.39. The van der Waals surface area contributed by atoms with E-state index in [4.69, 9.17) is 4.98 Å². The van der Waals surface area contributed by atoms with Crippen molar-refractivity contribution < 1.29 is 9.89 Å². The van der Waals surface area contributed by atoms with Gasteiger partial charge in [0.15, 0.2) is 13.3 Å². The van der Waals surface area contributed by atoms with Crippen LogP contribution in [-0.2, 0) is 0 Å². The second-order valence-corrected chi connectivity index (χ2v) is 8.39. The third-order valence-corrected chi connectivity index (χ3v) is 6.50. The maximum atomic E-state index is 4.69. The lowest BCUT2D eigenvalue weighted by Gasteiger charge is -2.38. The molecule has 0 spiro atoms. The van der Waals surface area contributed by atoms with Crippen LogP contribution in [0.5, 0.6) is 0 Å². The van der Waals surface area contributed by atoms with Crippen LogP contribution in [0.15, 0.2) is 18.2 Å². The predicted molar refractivity (Wildman–Crippen MR) is 108 cm³/mol. The molecule has 27 heavy (non-hydrogen) atoms. The normalized spacial score (nSPS) is 28.5. The van der Waals surface area contributed by atoms with Crippen LogP contribution < -0.4 is 20.5 Å². The Balaban J connectivity index is 1.46. The lowest BCUT2D eigenvalue weighted by atomic mass is 9.77. The number of rotatable bonds is 2. The molecule has 1 aliphatic heterocycles. The van der Waals surface area contributed by atoms with Crippen LogP contribution in [0.4, 0.5) is 5.95 Å². The second kappa shape index (κ2) is 7.43. The van der Waals surface area contributed by atoms with E-state index < -0.39 is 0 Å². The largest absolute Gasteiger partial charge is 0.359 e. The monoisotopic (exact) mass is 368 g/mol. The Hall–Kier alpha value is -2.21. The van der Waals surface area contributed by atoms with Crippen LogP contribution in [0.3, 0.4) is 0 Å². The van der Waals surface area contributed by atoms with E-state index in [-0.39, 0.29) is 0 Å². The first-order valence-corrected chi connectivity index (χ1v) is 10.2. The quantitative estimate of drug-likeness (QED) is 0.617. The molecule has 1 saturated carbocycles. The standard InChI is InChI=1S/C21H30N6/c1-13-8-9-17-16(4)24-21(25-18(17)10-13)26-20-22-11-27(12-23-20)19-7-5-6-14(2)15(19)3/h8-10,14-15,19H,5-7,11-12H2,1-4H3,(H2,22,23,24,25,26)/p+2/t14-,15-,19+/m0/s1. The van der Waals surface area contributed by atoms with E-state index in [1.807, 2.05) is 6.92 Å². The molecule has 4 N–H and O–H groups in total.